The molecule has 1 N–H and O–H groups in total. The van der Waals surface area contributed by atoms with Crippen molar-refractivity contribution in [2.75, 3.05) is 7.05 Å². The number of pyridine rings is 1. The fourth-order valence-electron chi connectivity index (χ4n) is 4.31. The van der Waals surface area contributed by atoms with E-state index in [1.165, 1.54) is 13.2 Å². The number of aromatic nitrogens is 1. The number of amides is 1. The Morgan fingerprint density at radius 3 is 2.13 bits per heavy atom. The number of benzene rings is 2. The summed E-state index contributed by atoms with van der Waals surface area (Å²) >= 11 is 6.46. The molecule has 1 aliphatic heterocycles. The Morgan fingerprint density at radius 2 is 1.56 bits per heavy atom. The predicted octanol–water partition coefficient (Wildman–Crippen LogP) is 7.22. The lowest BCUT2D eigenvalue weighted by Gasteiger charge is -2.34. The van der Waals surface area contributed by atoms with E-state index in [0.717, 1.165) is 10.5 Å². The molecule has 2 heterocycles. The van der Waals surface area contributed by atoms with Gasteiger partial charge in [0.15, 0.2) is 0 Å². The van der Waals surface area contributed by atoms with E-state index in [-0.39, 0.29) is 17.2 Å². The summed E-state index contributed by atoms with van der Waals surface area (Å²) in [5.74, 6) is -0.628. The summed E-state index contributed by atoms with van der Waals surface area (Å²) in [6, 6.07) is 11.7. The molecule has 1 unspecified atom stereocenters. The number of hydrogen-bond donors (Lipinski definition) is 1. The van der Waals surface area contributed by atoms with Gasteiger partial charge >= 0.3 is 12.4 Å². The highest BCUT2D eigenvalue weighted by atomic mass is 35.5. The molecular weight excluding hydrogens is 544 g/mol. The third-order valence-electron chi connectivity index (χ3n) is 6.33. The number of rotatable bonds is 5. The Balaban J connectivity index is 1.71. The van der Waals surface area contributed by atoms with Gasteiger partial charge in [-0.05, 0) is 66.1 Å². The van der Waals surface area contributed by atoms with E-state index in [0.29, 0.717) is 28.3 Å². The molecule has 3 aromatic rings. The first kappa shape index (κ1) is 28.2. The van der Waals surface area contributed by atoms with Gasteiger partial charge in [-0.1, -0.05) is 29.8 Å². The third-order valence-corrected chi connectivity index (χ3v) is 6.66. The van der Waals surface area contributed by atoms with Crippen LogP contribution in [0.4, 0.5) is 26.3 Å². The van der Waals surface area contributed by atoms with Crippen LogP contribution in [0.25, 0.3) is 5.57 Å². The number of halogens is 7. The molecule has 0 saturated carbocycles. The molecule has 1 amide bonds. The average molecular weight is 566 g/mol. The number of hydrogen-bond acceptors (Lipinski definition) is 3. The van der Waals surface area contributed by atoms with E-state index >= 15 is 0 Å². The molecule has 204 valence electrons. The summed E-state index contributed by atoms with van der Waals surface area (Å²) in [5, 5.41) is 3.54. The van der Waals surface area contributed by atoms with Gasteiger partial charge in [0.1, 0.15) is 0 Å². The SMILES string of the molecule is CN(Cc1cc(C(F)(F)F)cc(C(F)(F)F)c1)C(=O)C1=CNC(C)(c2ccncc2)C=C1c1ccccc1Cl. The number of dihydropyridines is 1. The quantitative estimate of drug-likeness (QED) is 0.332. The van der Waals surface area contributed by atoms with Gasteiger partial charge in [0, 0.05) is 42.8 Å². The molecular formula is C28H22ClF6N3O. The maximum absolute atomic E-state index is 13.6. The molecule has 39 heavy (non-hydrogen) atoms. The lowest BCUT2D eigenvalue weighted by atomic mass is 9.83. The first-order chi connectivity index (χ1) is 18.2. The van der Waals surface area contributed by atoms with E-state index in [9.17, 15) is 31.1 Å². The number of carbonyl (C=O) groups is 1. The Kier molecular flexibility index (Phi) is 7.53. The highest BCUT2D eigenvalue weighted by molar-refractivity contribution is 6.33. The van der Waals surface area contributed by atoms with Crippen LogP contribution in [0.2, 0.25) is 5.02 Å². The van der Waals surface area contributed by atoms with E-state index < -0.39 is 41.5 Å². The van der Waals surface area contributed by atoms with Crippen LogP contribution in [0.15, 0.2) is 84.8 Å². The van der Waals surface area contributed by atoms with Crippen molar-refractivity contribution < 1.29 is 31.1 Å². The van der Waals surface area contributed by atoms with Gasteiger partial charge in [-0.2, -0.15) is 26.3 Å². The van der Waals surface area contributed by atoms with Crippen molar-refractivity contribution in [2.24, 2.45) is 0 Å². The number of alkyl halides is 6. The van der Waals surface area contributed by atoms with Gasteiger partial charge in [-0.25, -0.2) is 0 Å². The second-order valence-electron chi connectivity index (χ2n) is 9.25. The van der Waals surface area contributed by atoms with Crippen molar-refractivity contribution in [3.05, 3.63) is 118 Å². The largest absolute Gasteiger partial charge is 0.416 e. The van der Waals surface area contributed by atoms with Gasteiger partial charge in [0.05, 0.1) is 22.2 Å². The maximum atomic E-state index is 13.6. The number of nitrogens with one attached hydrogen (secondary N) is 1. The second-order valence-corrected chi connectivity index (χ2v) is 9.66. The summed E-state index contributed by atoms with van der Waals surface area (Å²) in [4.78, 5) is 18.7. The van der Waals surface area contributed by atoms with Gasteiger partial charge in [0.2, 0.25) is 0 Å². The number of carbonyl (C=O) groups excluding carboxylic acids is 1. The van der Waals surface area contributed by atoms with Crippen LogP contribution in [0, 0.1) is 0 Å². The number of likely N-dealkylation sites (N-methyl/N-ethyl adjacent to an activating group) is 1. The Hall–Kier alpha value is -3.79. The standard InChI is InChI=1S/C28H22ClF6N3O/c1-26(18-7-9-36-10-8-18)14-22(21-5-3-4-6-24(21)29)23(15-37-26)25(39)38(2)16-17-11-19(27(30,31)32)13-20(12-17)28(33,34)35/h3-15,37H,16H2,1-2H3. The molecule has 0 radical (unpaired) electrons. The van der Waals surface area contributed by atoms with E-state index in [1.54, 1.807) is 54.9 Å². The minimum absolute atomic E-state index is 0.0527. The van der Waals surface area contributed by atoms with Crippen molar-refractivity contribution >= 4 is 23.1 Å². The van der Waals surface area contributed by atoms with Crippen molar-refractivity contribution in [1.29, 1.82) is 0 Å². The molecule has 0 spiro atoms. The molecule has 4 rings (SSSR count). The van der Waals surface area contributed by atoms with Gasteiger partial charge in [-0.3, -0.25) is 9.78 Å². The summed E-state index contributed by atoms with van der Waals surface area (Å²) in [7, 11) is 1.30. The van der Waals surface area contributed by atoms with Crippen LogP contribution in [-0.2, 0) is 29.2 Å². The lowest BCUT2D eigenvalue weighted by Crippen LogP contribution is -2.39. The van der Waals surface area contributed by atoms with Crippen molar-refractivity contribution in [2.45, 2.75) is 31.4 Å². The van der Waals surface area contributed by atoms with Crippen molar-refractivity contribution in [1.82, 2.24) is 15.2 Å². The fraction of sp³-hybridized carbons (Fsp3) is 0.214. The zero-order valence-corrected chi connectivity index (χ0v) is 21.4. The van der Waals surface area contributed by atoms with Crippen LogP contribution >= 0.6 is 11.6 Å². The third kappa shape index (κ3) is 6.11. The van der Waals surface area contributed by atoms with Crippen molar-refractivity contribution in [3.63, 3.8) is 0 Å². The summed E-state index contributed by atoms with van der Waals surface area (Å²) < 4.78 is 79.9. The molecule has 4 nitrogen and oxygen atoms in total. The molecule has 0 fully saturated rings. The van der Waals surface area contributed by atoms with Gasteiger partial charge < -0.3 is 10.2 Å². The fourth-order valence-corrected chi connectivity index (χ4v) is 4.55. The zero-order valence-electron chi connectivity index (χ0n) is 20.7. The summed E-state index contributed by atoms with van der Waals surface area (Å²) in [6.45, 7) is 1.38. The molecule has 1 aromatic heterocycles. The Labute approximate surface area is 225 Å². The van der Waals surface area contributed by atoms with Crippen LogP contribution < -0.4 is 5.32 Å². The van der Waals surface area contributed by atoms with E-state index in [4.69, 9.17) is 11.6 Å². The zero-order chi connectivity index (χ0) is 28.6. The Morgan fingerprint density at radius 1 is 0.974 bits per heavy atom. The van der Waals surface area contributed by atoms with Crippen LogP contribution in [0.5, 0.6) is 0 Å². The monoisotopic (exact) mass is 565 g/mol. The first-order valence-corrected chi connectivity index (χ1v) is 12.0. The van der Waals surface area contributed by atoms with Crippen LogP contribution in [0.3, 0.4) is 0 Å². The van der Waals surface area contributed by atoms with E-state index in [1.807, 2.05) is 6.92 Å². The average Bonchev–Trinajstić information content (AvgIpc) is 2.88. The van der Waals surface area contributed by atoms with Gasteiger partial charge in [0.25, 0.3) is 5.91 Å². The highest BCUT2D eigenvalue weighted by Crippen LogP contribution is 2.39. The number of nitrogens with zero attached hydrogens (tertiary/aromatic N) is 2. The minimum atomic E-state index is -4.99. The minimum Gasteiger partial charge on any atom is -0.378 e. The van der Waals surface area contributed by atoms with Crippen LogP contribution in [-0.4, -0.2) is 22.8 Å². The highest BCUT2D eigenvalue weighted by Gasteiger charge is 2.37. The smallest absolute Gasteiger partial charge is 0.378 e. The molecule has 2 aromatic carbocycles. The summed E-state index contributed by atoms with van der Waals surface area (Å²) in [5.41, 5.74) is -2.03. The topological polar surface area (TPSA) is 45.2 Å². The Bertz CT molecular complexity index is 1420. The summed E-state index contributed by atoms with van der Waals surface area (Å²) in [6.07, 6.45) is -3.47. The maximum Gasteiger partial charge on any atom is 0.416 e. The van der Waals surface area contributed by atoms with Crippen LogP contribution in [0.1, 0.15) is 34.7 Å². The lowest BCUT2D eigenvalue weighted by molar-refractivity contribution is -0.143. The van der Waals surface area contributed by atoms with Gasteiger partial charge in [-0.15, -0.1) is 0 Å². The van der Waals surface area contributed by atoms with Crippen molar-refractivity contribution in [3.8, 4) is 0 Å². The molecule has 0 saturated heterocycles. The predicted molar refractivity (Wildman–Crippen MR) is 135 cm³/mol. The molecule has 0 aliphatic carbocycles. The van der Waals surface area contributed by atoms with E-state index in [2.05, 4.69) is 10.3 Å². The molecule has 11 heteroatoms. The molecule has 1 aliphatic rings. The normalized spacial score (nSPS) is 17.7. The first-order valence-electron chi connectivity index (χ1n) is 11.6. The molecule has 0 bridgehead atoms. The second kappa shape index (κ2) is 10.4. The molecule has 1 atom stereocenters.